The van der Waals surface area contributed by atoms with Gasteiger partial charge in [-0.1, -0.05) is 11.6 Å². The number of carboxylic acid groups (broad SMARTS) is 1. The number of halogens is 1. The average Bonchev–Trinajstić information content (AvgIpc) is 2.02. The van der Waals surface area contributed by atoms with Crippen molar-refractivity contribution in [1.82, 2.24) is 4.98 Å². The van der Waals surface area contributed by atoms with Gasteiger partial charge in [0.05, 0.1) is 21.3 Å². The Hall–Kier alpha value is -0.740. The highest BCUT2D eigenvalue weighted by molar-refractivity contribution is 7.98. The summed E-state index contributed by atoms with van der Waals surface area (Å²) in [4.78, 5) is 14.8. The summed E-state index contributed by atoms with van der Waals surface area (Å²) in [7, 11) is 0. The number of carbonyl (C=O) groups is 1. The van der Waals surface area contributed by atoms with E-state index in [0.29, 0.717) is 5.69 Å². The van der Waals surface area contributed by atoms with Crippen molar-refractivity contribution in [2.45, 2.75) is 11.9 Å². The van der Waals surface area contributed by atoms with Gasteiger partial charge in [0.15, 0.2) is 0 Å². The maximum atomic E-state index is 10.7. The van der Waals surface area contributed by atoms with Crippen molar-refractivity contribution in [1.29, 1.82) is 0 Å². The lowest BCUT2D eigenvalue weighted by Crippen LogP contribution is -2.03. The van der Waals surface area contributed by atoms with Gasteiger partial charge >= 0.3 is 5.97 Å². The van der Waals surface area contributed by atoms with Crippen LogP contribution in [0.1, 0.15) is 16.1 Å². The Morgan fingerprint density at radius 1 is 1.69 bits per heavy atom. The highest BCUT2D eigenvalue weighted by Crippen LogP contribution is 2.23. The number of hydrogen-bond donors (Lipinski definition) is 1. The SMILES string of the molecule is CSc1cc(Cl)c(C(=O)O)c(C)n1. The van der Waals surface area contributed by atoms with E-state index in [2.05, 4.69) is 4.98 Å². The monoisotopic (exact) mass is 217 g/mol. The summed E-state index contributed by atoms with van der Waals surface area (Å²) < 4.78 is 0. The van der Waals surface area contributed by atoms with Gasteiger partial charge in [-0.05, 0) is 19.2 Å². The standard InChI is InChI=1S/C8H8ClNO2S/c1-4-7(8(11)12)5(9)3-6(10-4)13-2/h3H,1-2H3,(H,11,12). The van der Waals surface area contributed by atoms with Crippen molar-refractivity contribution < 1.29 is 9.90 Å². The maximum Gasteiger partial charge on any atom is 0.339 e. The zero-order chi connectivity index (χ0) is 10.0. The molecule has 0 aliphatic carbocycles. The molecule has 3 nitrogen and oxygen atoms in total. The second-order valence-corrected chi connectivity index (χ2v) is 3.65. The summed E-state index contributed by atoms with van der Waals surface area (Å²) in [5.74, 6) is -1.04. The third kappa shape index (κ3) is 2.14. The highest BCUT2D eigenvalue weighted by Gasteiger charge is 2.14. The molecule has 0 saturated heterocycles. The van der Waals surface area contributed by atoms with Crippen LogP contribution < -0.4 is 0 Å². The number of aryl methyl sites for hydroxylation is 1. The zero-order valence-electron chi connectivity index (χ0n) is 7.17. The third-order valence-electron chi connectivity index (χ3n) is 1.55. The average molecular weight is 218 g/mol. The van der Waals surface area contributed by atoms with Crippen molar-refractivity contribution in [3.05, 3.63) is 22.3 Å². The molecule has 1 aromatic rings. The molecule has 0 spiro atoms. The fraction of sp³-hybridized carbons (Fsp3) is 0.250. The lowest BCUT2D eigenvalue weighted by atomic mass is 10.2. The van der Waals surface area contributed by atoms with Crippen molar-refractivity contribution in [2.75, 3.05) is 6.26 Å². The first kappa shape index (κ1) is 10.3. The largest absolute Gasteiger partial charge is 0.478 e. The van der Waals surface area contributed by atoms with E-state index in [0.717, 1.165) is 5.03 Å². The Bertz CT molecular complexity index is 331. The van der Waals surface area contributed by atoms with Crippen LogP contribution >= 0.6 is 23.4 Å². The first-order chi connectivity index (χ1) is 6.06. The molecule has 0 radical (unpaired) electrons. The summed E-state index contributed by atoms with van der Waals surface area (Å²) in [6, 6.07) is 1.56. The predicted octanol–water partition coefficient (Wildman–Crippen LogP) is 2.46. The van der Waals surface area contributed by atoms with Crippen LogP contribution in [0.25, 0.3) is 0 Å². The summed E-state index contributed by atoms with van der Waals surface area (Å²) in [5, 5.41) is 9.75. The van der Waals surface area contributed by atoms with Crippen LogP contribution in [0.4, 0.5) is 0 Å². The zero-order valence-corrected chi connectivity index (χ0v) is 8.74. The Balaban J connectivity index is 3.31. The van der Waals surface area contributed by atoms with E-state index in [1.54, 1.807) is 13.0 Å². The van der Waals surface area contributed by atoms with Gasteiger partial charge in [0.1, 0.15) is 0 Å². The van der Waals surface area contributed by atoms with E-state index in [-0.39, 0.29) is 10.6 Å². The first-order valence-electron chi connectivity index (χ1n) is 3.50. The van der Waals surface area contributed by atoms with Gasteiger partial charge in [-0.2, -0.15) is 0 Å². The minimum atomic E-state index is -1.04. The Morgan fingerprint density at radius 2 is 2.31 bits per heavy atom. The van der Waals surface area contributed by atoms with Crippen molar-refractivity contribution in [3.8, 4) is 0 Å². The molecule has 0 unspecified atom stereocenters. The molecule has 0 fully saturated rings. The summed E-state index contributed by atoms with van der Waals surface area (Å²) in [6.45, 7) is 1.63. The fourth-order valence-corrected chi connectivity index (χ4v) is 1.82. The molecule has 0 bridgehead atoms. The Morgan fingerprint density at radius 3 is 2.69 bits per heavy atom. The van der Waals surface area contributed by atoms with Crippen molar-refractivity contribution in [3.63, 3.8) is 0 Å². The van der Waals surface area contributed by atoms with E-state index in [1.165, 1.54) is 11.8 Å². The molecule has 5 heteroatoms. The molecule has 1 aromatic heterocycles. The molecule has 0 aliphatic heterocycles. The Kier molecular flexibility index (Phi) is 3.17. The Labute approximate surface area is 85.1 Å². The van der Waals surface area contributed by atoms with Crippen LogP contribution in [0.3, 0.4) is 0 Å². The first-order valence-corrected chi connectivity index (χ1v) is 5.11. The van der Waals surface area contributed by atoms with Crippen LogP contribution in [0, 0.1) is 6.92 Å². The van der Waals surface area contributed by atoms with Crippen LogP contribution in [-0.2, 0) is 0 Å². The maximum absolute atomic E-state index is 10.7. The van der Waals surface area contributed by atoms with Gasteiger partial charge in [-0.3, -0.25) is 0 Å². The van der Waals surface area contributed by atoms with E-state index in [1.807, 2.05) is 6.26 Å². The van der Waals surface area contributed by atoms with E-state index >= 15 is 0 Å². The minimum Gasteiger partial charge on any atom is -0.478 e. The van der Waals surface area contributed by atoms with Gasteiger partial charge in [0.2, 0.25) is 0 Å². The number of rotatable bonds is 2. The van der Waals surface area contributed by atoms with Crippen LogP contribution in [0.2, 0.25) is 5.02 Å². The topological polar surface area (TPSA) is 50.2 Å². The molecule has 1 heterocycles. The number of pyridine rings is 1. The minimum absolute atomic E-state index is 0.0828. The van der Waals surface area contributed by atoms with E-state index in [4.69, 9.17) is 16.7 Å². The fourth-order valence-electron chi connectivity index (χ4n) is 0.968. The normalized spacial score (nSPS) is 10.1. The van der Waals surface area contributed by atoms with E-state index in [9.17, 15) is 4.79 Å². The third-order valence-corrected chi connectivity index (χ3v) is 2.48. The van der Waals surface area contributed by atoms with Crippen molar-refractivity contribution in [2.24, 2.45) is 0 Å². The highest BCUT2D eigenvalue weighted by atomic mass is 35.5. The molecule has 13 heavy (non-hydrogen) atoms. The lowest BCUT2D eigenvalue weighted by molar-refractivity contribution is 0.0695. The second kappa shape index (κ2) is 3.98. The quantitative estimate of drug-likeness (QED) is 0.774. The molecule has 1 rings (SSSR count). The molecular weight excluding hydrogens is 210 g/mol. The molecule has 1 N–H and O–H groups in total. The molecular formula is C8H8ClNO2S. The van der Waals surface area contributed by atoms with Crippen LogP contribution in [0.15, 0.2) is 11.1 Å². The molecule has 70 valence electrons. The molecule has 0 atom stereocenters. The van der Waals surface area contributed by atoms with Gasteiger partial charge in [-0.15, -0.1) is 11.8 Å². The summed E-state index contributed by atoms with van der Waals surface area (Å²) in [6.07, 6.45) is 1.86. The van der Waals surface area contributed by atoms with Gasteiger partial charge in [-0.25, -0.2) is 9.78 Å². The number of aromatic carboxylic acids is 1. The van der Waals surface area contributed by atoms with Crippen LogP contribution in [-0.4, -0.2) is 22.3 Å². The summed E-state index contributed by atoms with van der Waals surface area (Å²) >= 11 is 7.20. The van der Waals surface area contributed by atoms with Gasteiger partial charge in [0, 0.05) is 0 Å². The number of aromatic nitrogens is 1. The molecule has 0 aromatic carbocycles. The van der Waals surface area contributed by atoms with Crippen LogP contribution in [0.5, 0.6) is 0 Å². The molecule has 0 saturated carbocycles. The van der Waals surface area contributed by atoms with Gasteiger partial charge in [0.25, 0.3) is 0 Å². The predicted molar refractivity (Wildman–Crippen MR) is 52.7 cm³/mol. The number of nitrogens with zero attached hydrogens (tertiary/aromatic N) is 1. The second-order valence-electron chi connectivity index (χ2n) is 2.41. The smallest absolute Gasteiger partial charge is 0.339 e. The van der Waals surface area contributed by atoms with Gasteiger partial charge < -0.3 is 5.11 Å². The lowest BCUT2D eigenvalue weighted by Gasteiger charge is -2.04. The number of hydrogen-bond acceptors (Lipinski definition) is 3. The summed E-state index contributed by atoms with van der Waals surface area (Å²) in [5.41, 5.74) is 0.531. The van der Waals surface area contributed by atoms with E-state index < -0.39 is 5.97 Å². The molecule has 0 amide bonds. The number of carboxylic acids is 1. The molecule has 0 aliphatic rings. The van der Waals surface area contributed by atoms with Crippen molar-refractivity contribution >= 4 is 29.3 Å². The number of thioether (sulfide) groups is 1.